The van der Waals surface area contributed by atoms with Gasteiger partial charge in [0.1, 0.15) is 5.75 Å². The summed E-state index contributed by atoms with van der Waals surface area (Å²) in [4.78, 5) is 25.1. The highest BCUT2D eigenvalue weighted by atomic mass is 16.5. The first kappa shape index (κ1) is 14.4. The lowest BCUT2D eigenvalue weighted by Crippen LogP contribution is -2.34. The predicted octanol–water partition coefficient (Wildman–Crippen LogP) is 1.82. The van der Waals surface area contributed by atoms with Crippen molar-refractivity contribution in [3.8, 4) is 5.75 Å². The highest BCUT2D eigenvalue weighted by Gasteiger charge is 2.44. The van der Waals surface area contributed by atoms with Crippen molar-refractivity contribution < 1.29 is 14.3 Å². The summed E-state index contributed by atoms with van der Waals surface area (Å²) in [5, 5.41) is 0. The molecule has 0 aromatic heterocycles. The number of rotatable bonds is 5. The van der Waals surface area contributed by atoms with Crippen LogP contribution in [0.3, 0.4) is 0 Å². The van der Waals surface area contributed by atoms with E-state index in [1.54, 1.807) is 38.1 Å². The molecule has 0 radical (unpaired) electrons. The quantitative estimate of drug-likeness (QED) is 0.506. The van der Waals surface area contributed by atoms with E-state index in [0.29, 0.717) is 31.7 Å². The lowest BCUT2D eigenvalue weighted by atomic mass is 9.92. The van der Waals surface area contributed by atoms with Crippen LogP contribution in [0.25, 0.3) is 0 Å². The van der Waals surface area contributed by atoms with Gasteiger partial charge in [0, 0.05) is 18.7 Å². The zero-order valence-electron chi connectivity index (χ0n) is 11.9. The van der Waals surface area contributed by atoms with E-state index in [0.717, 1.165) is 5.75 Å². The van der Waals surface area contributed by atoms with Crippen LogP contribution in [0.15, 0.2) is 24.3 Å². The number of hydrogen-bond donors (Lipinski definition) is 1. The van der Waals surface area contributed by atoms with E-state index in [9.17, 15) is 9.59 Å². The Balaban J connectivity index is 1.78. The maximum atomic E-state index is 12.0. The molecule has 108 valence electrons. The molecule has 1 aliphatic heterocycles. The molecule has 2 amide bonds. The Morgan fingerprint density at radius 1 is 1.25 bits per heavy atom. The van der Waals surface area contributed by atoms with E-state index in [2.05, 4.69) is 0 Å². The van der Waals surface area contributed by atoms with Crippen LogP contribution in [0.1, 0.15) is 26.7 Å². The molecule has 0 bridgehead atoms. The number of anilines is 1. The van der Waals surface area contributed by atoms with Gasteiger partial charge in [-0.25, -0.2) is 0 Å². The molecule has 2 N–H and O–H groups in total. The first-order chi connectivity index (χ1) is 9.40. The van der Waals surface area contributed by atoms with Crippen LogP contribution < -0.4 is 10.5 Å². The number of nitrogen functional groups attached to an aromatic ring is 1. The summed E-state index contributed by atoms with van der Waals surface area (Å²) in [6, 6.07) is 7.13. The predicted molar refractivity (Wildman–Crippen MR) is 76.1 cm³/mol. The van der Waals surface area contributed by atoms with Crippen molar-refractivity contribution in [3.05, 3.63) is 24.3 Å². The van der Waals surface area contributed by atoms with Gasteiger partial charge >= 0.3 is 0 Å². The maximum absolute atomic E-state index is 12.0. The van der Waals surface area contributed by atoms with Crippen LogP contribution >= 0.6 is 0 Å². The number of benzene rings is 1. The van der Waals surface area contributed by atoms with Gasteiger partial charge in [-0.05, 0) is 30.7 Å². The van der Waals surface area contributed by atoms with Gasteiger partial charge in [-0.2, -0.15) is 0 Å². The minimum atomic E-state index is -0.561. The molecular formula is C15H20N2O3. The van der Waals surface area contributed by atoms with Crippen LogP contribution in [0, 0.1) is 5.41 Å². The molecule has 5 heteroatoms. The van der Waals surface area contributed by atoms with Gasteiger partial charge in [0.05, 0.1) is 12.0 Å². The molecule has 1 aliphatic rings. The van der Waals surface area contributed by atoms with Crippen molar-refractivity contribution >= 4 is 17.5 Å². The standard InChI is InChI=1S/C15H20N2O3/c1-15(2)10-13(18)17(14(15)19)8-3-9-20-12-6-4-11(16)5-7-12/h4-7H,3,8-10,16H2,1-2H3. The highest BCUT2D eigenvalue weighted by molar-refractivity contribution is 6.05. The zero-order valence-corrected chi connectivity index (χ0v) is 11.9. The summed E-state index contributed by atoms with van der Waals surface area (Å²) >= 11 is 0. The molecular weight excluding hydrogens is 256 g/mol. The van der Waals surface area contributed by atoms with Crippen molar-refractivity contribution in [2.75, 3.05) is 18.9 Å². The summed E-state index contributed by atoms with van der Waals surface area (Å²) in [5.41, 5.74) is 5.71. The number of nitrogens with two attached hydrogens (primary N) is 1. The van der Waals surface area contributed by atoms with Gasteiger partial charge < -0.3 is 10.5 Å². The number of likely N-dealkylation sites (tertiary alicyclic amines) is 1. The van der Waals surface area contributed by atoms with Crippen molar-refractivity contribution in [1.82, 2.24) is 4.90 Å². The highest BCUT2D eigenvalue weighted by Crippen LogP contribution is 2.31. The molecule has 5 nitrogen and oxygen atoms in total. The summed E-state index contributed by atoms with van der Waals surface area (Å²) in [5.74, 6) is 0.557. The average molecular weight is 276 g/mol. The van der Waals surface area contributed by atoms with Crippen LogP contribution in [-0.2, 0) is 9.59 Å². The molecule has 0 spiro atoms. The SMILES string of the molecule is CC1(C)CC(=O)N(CCCOc2ccc(N)cc2)C1=O. The minimum Gasteiger partial charge on any atom is -0.494 e. The number of carbonyl (C=O) groups excluding carboxylic acids is 2. The van der Waals surface area contributed by atoms with Crippen LogP contribution in [0.4, 0.5) is 5.69 Å². The molecule has 1 aromatic rings. The minimum absolute atomic E-state index is 0.0880. The van der Waals surface area contributed by atoms with Crippen LogP contribution in [-0.4, -0.2) is 29.9 Å². The molecule has 0 unspecified atom stereocenters. The second-order valence-electron chi connectivity index (χ2n) is 5.68. The third-order valence-corrected chi connectivity index (χ3v) is 3.39. The molecule has 0 aliphatic carbocycles. The maximum Gasteiger partial charge on any atom is 0.235 e. The lowest BCUT2D eigenvalue weighted by molar-refractivity contribution is -0.140. The molecule has 1 heterocycles. The summed E-state index contributed by atoms with van der Waals surface area (Å²) < 4.78 is 5.54. The van der Waals surface area contributed by atoms with E-state index >= 15 is 0 Å². The molecule has 1 fully saturated rings. The van der Waals surface area contributed by atoms with E-state index in [1.165, 1.54) is 4.90 Å². The fraction of sp³-hybridized carbons (Fsp3) is 0.467. The molecule has 1 aromatic carbocycles. The second-order valence-corrected chi connectivity index (χ2v) is 5.68. The third-order valence-electron chi connectivity index (χ3n) is 3.39. The number of carbonyl (C=O) groups is 2. The van der Waals surface area contributed by atoms with Gasteiger partial charge in [0.2, 0.25) is 11.8 Å². The van der Waals surface area contributed by atoms with Crippen LogP contribution in [0.5, 0.6) is 5.75 Å². The van der Waals surface area contributed by atoms with Crippen molar-refractivity contribution in [3.63, 3.8) is 0 Å². The molecule has 0 atom stereocenters. The van der Waals surface area contributed by atoms with E-state index in [4.69, 9.17) is 10.5 Å². The molecule has 0 saturated carbocycles. The lowest BCUT2D eigenvalue weighted by Gasteiger charge is -2.17. The second kappa shape index (κ2) is 5.53. The van der Waals surface area contributed by atoms with E-state index in [-0.39, 0.29) is 11.8 Å². The van der Waals surface area contributed by atoms with Gasteiger partial charge in [-0.15, -0.1) is 0 Å². The Labute approximate surface area is 118 Å². The van der Waals surface area contributed by atoms with Gasteiger partial charge in [0.25, 0.3) is 0 Å². The first-order valence-electron chi connectivity index (χ1n) is 6.73. The van der Waals surface area contributed by atoms with Crippen molar-refractivity contribution in [1.29, 1.82) is 0 Å². The Kier molecular flexibility index (Phi) is 3.97. The summed E-state index contributed by atoms with van der Waals surface area (Å²) in [7, 11) is 0. The first-order valence-corrected chi connectivity index (χ1v) is 6.73. The zero-order chi connectivity index (χ0) is 14.8. The summed E-state index contributed by atoms with van der Waals surface area (Å²) in [6.45, 7) is 4.48. The monoisotopic (exact) mass is 276 g/mol. The number of ether oxygens (including phenoxy) is 1. The van der Waals surface area contributed by atoms with E-state index < -0.39 is 5.41 Å². The van der Waals surface area contributed by atoms with E-state index in [1.807, 2.05) is 0 Å². The van der Waals surface area contributed by atoms with Crippen LogP contribution in [0.2, 0.25) is 0 Å². The topological polar surface area (TPSA) is 72.6 Å². The van der Waals surface area contributed by atoms with Crippen molar-refractivity contribution in [2.45, 2.75) is 26.7 Å². The van der Waals surface area contributed by atoms with Gasteiger partial charge in [0.15, 0.2) is 0 Å². The normalized spacial score (nSPS) is 17.6. The Bertz CT molecular complexity index is 508. The third kappa shape index (κ3) is 3.10. The number of imide groups is 1. The average Bonchev–Trinajstić information content (AvgIpc) is 2.58. The Morgan fingerprint density at radius 3 is 2.45 bits per heavy atom. The Hall–Kier alpha value is -2.04. The fourth-order valence-electron chi connectivity index (χ4n) is 2.23. The Morgan fingerprint density at radius 2 is 1.90 bits per heavy atom. The van der Waals surface area contributed by atoms with Gasteiger partial charge in [-0.1, -0.05) is 13.8 Å². The smallest absolute Gasteiger partial charge is 0.235 e. The summed E-state index contributed by atoms with van der Waals surface area (Å²) in [6.07, 6.45) is 0.919. The van der Waals surface area contributed by atoms with Gasteiger partial charge in [-0.3, -0.25) is 14.5 Å². The largest absolute Gasteiger partial charge is 0.494 e. The number of amides is 2. The molecule has 2 rings (SSSR count). The number of nitrogens with zero attached hydrogens (tertiary/aromatic N) is 1. The number of hydrogen-bond acceptors (Lipinski definition) is 4. The molecule has 1 saturated heterocycles. The molecule has 20 heavy (non-hydrogen) atoms. The fourth-order valence-corrected chi connectivity index (χ4v) is 2.23. The van der Waals surface area contributed by atoms with Crippen molar-refractivity contribution in [2.24, 2.45) is 5.41 Å².